The lowest BCUT2D eigenvalue weighted by Gasteiger charge is -2.40. The molecule has 226 valence electrons. The summed E-state index contributed by atoms with van der Waals surface area (Å²) in [6.45, 7) is 4.28. The summed E-state index contributed by atoms with van der Waals surface area (Å²) in [6, 6.07) is 18.6. The van der Waals surface area contributed by atoms with Crippen LogP contribution in [0.15, 0.2) is 60.7 Å². The number of nitrogens with zero attached hydrogens (tertiary/aromatic N) is 3. The quantitative estimate of drug-likeness (QED) is 0.312. The monoisotopic (exact) mass is 625 g/mol. The number of fused-ring (bicyclic) bond motifs is 1. The third-order valence-electron chi connectivity index (χ3n) is 7.65. The summed E-state index contributed by atoms with van der Waals surface area (Å²) < 4.78 is 16.2. The van der Waals surface area contributed by atoms with Crippen LogP contribution in [0.3, 0.4) is 0 Å². The van der Waals surface area contributed by atoms with Gasteiger partial charge in [0.15, 0.2) is 6.61 Å². The van der Waals surface area contributed by atoms with Gasteiger partial charge in [-0.15, -0.1) is 0 Å². The standard InChI is InChI=1S/C32H33Cl2N3O6/c1-3-42-32(40)24-10-8-23(9-11-24)22-6-4-21(5-7-22)16-29(36-12-14-41-15-13-36)35(2)30(38)19-37-27-17-25(33)26(34)18-28(27)43-20-31(37)39/h4-11,17-18,29H,3,12-16,19-20H2,1-2H3. The maximum absolute atomic E-state index is 13.7. The molecule has 2 aliphatic rings. The van der Waals surface area contributed by atoms with Gasteiger partial charge < -0.3 is 19.1 Å². The summed E-state index contributed by atoms with van der Waals surface area (Å²) in [4.78, 5) is 43.8. The lowest BCUT2D eigenvalue weighted by Crippen LogP contribution is -2.56. The second-order valence-corrected chi connectivity index (χ2v) is 11.1. The highest BCUT2D eigenvalue weighted by Gasteiger charge is 2.33. The number of amides is 2. The maximum Gasteiger partial charge on any atom is 0.338 e. The second-order valence-electron chi connectivity index (χ2n) is 10.3. The van der Waals surface area contributed by atoms with Crippen molar-refractivity contribution in [2.24, 2.45) is 0 Å². The highest BCUT2D eigenvalue weighted by atomic mass is 35.5. The molecule has 0 aromatic heterocycles. The topological polar surface area (TPSA) is 88.6 Å². The number of carbonyl (C=O) groups is 3. The Kier molecular flexibility index (Phi) is 9.87. The molecular weight excluding hydrogens is 593 g/mol. The maximum atomic E-state index is 13.7. The predicted molar refractivity (Wildman–Crippen MR) is 165 cm³/mol. The number of halogens is 2. The van der Waals surface area contributed by atoms with Crippen LogP contribution in [0.4, 0.5) is 5.69 Å². The van der Waals surface area contributed by atoms with Gasteiger partial charge in [-0.25, -0.2) is 4.79 Å². The molecule has 0 spiro atoms. The molecule has 3 aromatic rings. The van der Waals surface area contributed by atoms with Crippen LogP contribution in [0.25, 0.3) is 11.1 Å². The van der Waals surface area contributed by atoms with Crippen molar-refractivity contribution in [2.45, 2.75) is 19.5 Å². The van der Waals surface area contributed by atoms with Gasteiger partial charge in [0.05, 0.1) is 47.3 Å². The van der Waals surface area contributed by atoms with Gasteiger partial charge in [0.1, 0.15) is 12.3 Å². The zero-order valence-corrected chi connectivity index (χ0v) is 25.6. The van der Waals surface area contributed by atoms with Crippen LogP contribution in [0.1, 0.15) is 22.8 Å². The molecule has 0 aliphatic carbocycles. The Morgan fingerprint density at radius 1 is 0.977 bits per heavy atom. The molecule has 0 saturated carbocycles. The van der Waals surface area contributed by atoms with E-state index in [0.717, 1.165) is 16.7 Å². The Morgan fingerprint density at radius 2 is 1.60 bits per heavy atom. The molecule has 0 N–H and O–H groups in total. The van der Waals surface area contributed by atoms with Gasteiger partial charge in [0, 0.05) is 32.6 Å². The first-order chi connectivity index (χ1) is 20.7. The minimum atomic E-state index is -0.340. The van der Waals surface area contributed by atoms with Crippen LogP contribution in [0.5, 0.6) is 5.75 Å². The molecule has 43 heavy (non-hydrogen) atoms. The molecule has 5 rings (SSSR count). The summed E-state index contributed by atoms with van der Waals surface area (Å²) in [5.41, 5.74) is 3.97. The van der Waals surface area contributed by atoms with Crippen molar-refractivity contribution in [1.82, 2.24) is 9.80 Å². The molecule has 2 aliphatic heterocycles. The third kappa shape index (κ3) is 7.13. The third-order valence-corrected chi connectivity index (χ3v) is 8.37. The Bertz CT molecular complexity index is 1480. The van der Waals surface area contributed by atoms with E-state index < -0.39 is 0 Å². The Morgan fingerprint density at radius 3 is 2.26 bits per heavy atom. The molecule has 2 amide bonds. The van der Waals surface area contributed by atoms with Crippen molar-refractivity contribution in [3.05, 3.63) is 81.8 Å². The first kappa shape index (κ1) is 30.8. The molecule has 11 heteroatoms. The number of esters is 1. The normalized spacial score (nSPS) is 15.8. The lowest BCUT2D eigenvalue weighted by atomic mass is 10.0. The van der Waals surface area contributed by atoms with E-state index in [9.17, 15) is 14.4 Å². The Labute approximate surface area is 260 Å². The van der Waals surface area contributed by atoms with Crippen molar-refractivity contribution in [1.29, 1.82) is 0 Å². The van der Waals surface area contributed by atoms with Gasteiger partial charge in [0.25, 0.3) is 5.91 Å². The highest BCUT2D eigenvalue weighted by Crippen LogP contribution is 2.38. The van der Waals surface area contributed by atoms with Crippen molar-refractivity contribution in [3.8, 4) is 16.9 Å². The van der Waals surface area contributed by atoms with E-state index in [1.54, 1.807) is 43.1 Å². The fourth-order valence-corrected chi connectivity index (χ4v) is 5.54. The van der Waals surface area contributed by atoms with Crippen molar-refractivity contribution >= 4 is 46.7 Å². The minimum Gasteiger partial charge on any atom is -0.482 e. The molecule has 1 atom stereocenters. The number of morpholine rings is 1. The average Bonchev–Trinajstić information content (AvgIpc) is 3.03. The number of likely N-dealkylation sites (N-methyl/N-ethyl adjacent to an activating group) is 1. The van der Waals surface area contributed by atoms with E-state index in [-0.39, 0.29) is 42.1 Å². The van der Waals surface area contributed by atoms with E-state index in [4.69, 9.17) is 37.4 Å². The number of hydrogen-bond acceptors (Lipinski definition) is 7. The number of carbonyl (C=O) groups excluding carboxylic acids is 3. The fourth-order valence-electron chi connectivity index (χ4n) is 5.23. The lowest BCUT2D eigenvalue weighted by molar-refractivity contribution is -0.137. The van der Waals surface area contributed by atoms with Crippen molar-refractivity contribution in [2.75, 3.05) is 58.0 Å². The zero-order valence-electron chi connectivity index (χ0n) is 24.1. The summed E-state index contributed by atoms with van der Waals surface area (Å²) in [6.07, 6.45) is 0.329. The number of ether oxygens (including phenoxy) is 3. The summed E-state index contributed by atoms with van der Waals surface area (Å²) in [5, 5.41) is 0.583. The zero-order chi connectivity index (χ0) is 30.5. The van der Waals surface area contributed by atoms with E-state index in [1.165, 1.54) is 4.90 Å². The largest absolute Gasteiger partial charge is 0.482 e. The molecule has 2 heterocycles. The van der Waals surface area contributed by atoms with Gasteiger partial charge in [-0.1, -0.05) is 59.6 Å². The summed E-state index contributed by atoms with van der Waals surface area (Å²) in [7, 11) is 1.77. The average molecular weight is 627 g/mol. The Balaban J connectivity index is 1.32. The first-order valence-electron chi connectivity index (χ1n) is 14.1. The number of benzene rings is 3. The number of hydrogen-bond donors (Lipinski definition) is 0. The molecule has 0 radical (unpaired) electrons. The van der Waals surface area contributed by atoms with E-state index in [2.05, 4.69) is 4.90 Å². The SMILES string of the molecule is CCOC(=O)c1ccc(-c2ccc(CC(N3CCOCC3)N(C)C(=O)CN3C(=O)COc4cc(Cl)c(Cl)cc43)cc2)cc1. The molecular formula is C32H33Cl2N3O6. The van der Waals surface area contributed by atoms with Gasteiger partial charge in [-0.05, 0) is 41.8 Å². The van der Waals surface area contributed by atoms with E-state index in [1.807, 2.05) is 36.4 Å². The first-order valence-corrected chi connectivity index (χ1v) is 14.9. The van der Waals surface area contributed by atoms with Crippen molar-refractivity contribution in [3.63, 3.8) is 0 Å². The van der Waals surface area contributed by atoms with E-state index >= 15 is 0 Å². The second kappa shape index (κ2) is 13.8. The van der Waals surface area contributed by atoms with Gasteiger partial charge in [0.2, 0.25) is 5.91 Å². The molecule has 9 nitrogen and oxygen atoms in total. The smallest absolute Gasteiger partial charge is 0.338 e. The van der Waals surface area contributed by atoms with Gasteiger partial charge in [-0.2, -0.15) is 0 Å². The molecule has 0 bridgehead atoms. The Hall–Kier alpha value is -3.63. The van der Waals surface area contributed by atoms with Gasteiger partial charge in [-0.3, -0.25) is 19.4 Å². The molecule has 3 aromatic carbocycles. The highest BCUT2D eigenvalue weighted by molar-refractivity contribution is 6.42. The number of rotatable bonds is 9. The minimum absolute atomic E-state index is 0.161. The predicted octanol–water partition coefficient (Wildman–Crippen LogP) is 4.92. The van der Waals surface area contributed by atoms with Crippen LogP contribution in [-0.2, 0) is 25.5 Å². The van der Waals surface area contributed by atoms with Crippen LogP contribution in [0, 0.1) is 0 Å². The molecule has 1 saturated heterocycles. The van der Waals surface area contributed by atoms with Gasteiger partial charge >= 0.3 is 5.97 Å². The summed E-state index contributed by atoms with van der Waals surface area (Å²) in [5.74, 6) is -0.485. The summed E-state index contributed by atoms with van der Waals surface area (Å²) >= 11 is 12.4. The van der Waals surface area contributed by atoms with Crippen LogP contribution < -0.4 is 9.64 Å². The van der Waals surface area contributed by atoms with Crippen LogP contribution in [-0.4, -0.2) is 86.9 Å². The van der Waals surface area contributed by atoms with Crippen LogP contribution >= 0.6 is 23.2 Å². The van der Waals surface area contributed by atoms with E-state index in [0.29, 0.717) is 61.4 Å². The van der Waals surface area contributed by atoms with Crippen LogP contribution in [0.2, 0.25) is 10.0 Å². The molecule has 1 fully saturated rings. The van der Waals surface area contributed by atoms with Crippen molar-refractivity contribution < 1.29 is 28.6 Å². The number of anilines is 1. The fraction of sp³-hybridized carbons (Fsp3) is 0.344. The molecule has 1 unspecified atom stereocenters.